The van der Waals surface area contributed by atoms with E-state index in [2.05, 4.69) is 0 Å². The number of hydrogen-bond donors (Lipinski definition) is 0. The lowest BCUT2D eigenvalue weighted by atomic mass is 10.1. The first kappa shape index (κ1) is 19.5. The number of sulfone groups is 1. The number of ether oxygens (including phenoxy) is 1. The molecule has 7 heteroatoms. The van der Waals surface area contributed by atoms with Crippen LogP contribution in [0.25, 0.3) is 11.0 Å². The lowest BCUT2D eigenvalue weighted by molar-refractivity contribution is 0.0523. The molecule has 0 aliphatic carbocycles. The average Bonchev–Trinajstić information content (AvgIpc) is 2.89. The molecule has 0 amide bonds. The largest absolute Gasteiger partial charge is 0.462 e. The predicted octanol–water partition coefficient (Wildman–Crippen LogP) is 2.86. The summed E-state index contributed by atoms with van der Waals surface area (Å²) in [4.78, 5) is 14.4. The molecule has 1 atom stereocenters. The van der Waals surface area contributed by atoms with Crippen LogP contribution in [-0.4, -0.2) is 50.5 Å². The molecule has 0 radical (unpaired) electrons. The predicted molar refractivity (Wildman–Crippen MR) is 97.4 cm³/mol. The zero-order valence-corrected chi connectivity index (χ0v) is 15.9. The molecule has 0 aliphatic rings. The Morgan fingerprint density at radius 3 is 2.56 bits per heavy atom. The van der Waals surface area contributed by atoms with Gasteiger partial charge in [0.05, 0.1) is 18.9 Å². The van der Waals surface area contributed by atoms with Crippen LogP contribution in [0.5, 0.6) is 0 Å². The fraction of sp³-hybridized carbons (Fsp3) is 0.500. The van der Waals surface area contributed by atoms with E-state index in [0.717, 1.165) is 0 Å². The van der Waals surface area contributed by atoms with E-state index < -0.39 is 15.8 Å². The minimum absolute atomic E-state index is 0.0514. The van der Waals surface area contributed by atoms with Crippen LogP contribution in [0.15, 0.2) is 28.7 Å². The van der Waals surface area contributed by atoms with Gasteiger partial charge in [-0.2, -0.15) is 0 Å². The van der Waals surface area contributed by atoms with Crippen LogP contribution in [0.3, 0.4) is 0 Å². The molecule has 0 bridgehead atoms. The van der Waals surface area contributed by atoms with Crippen molar-refractivity contribution in [3.63, 3.8) is 0 Å². The highest BCUT2D eigenvalue weighted by Crippen LogP contribution is 2.28. The molecule has 1 aromatic carbocycles. The third-order valence-electron chi connectivity index (χ3n) is 4.07. The Balaban J connectivity index is 2.38. The molecular weight excluding hydrogens is 342 g/mol. The number of esters is 1. The standard InChI is InChI=1S/C18H25NO5S/c1-5-19(13(3)12-25(4,21)22)11-16-17(18(20)23-6-2)14-9-7-8-10-15(14)24-16/h7-10,13H,5-6,11-12H2,1-4H3. The molecule has 0 saturated heterocycles. The number of para-hydroxylation sites is 1. The summed E-state index contributed by atoms with van der Waals surface area (Å²) < 4.78 is 34.2. The number of carbonyl (C=O) groups is 1. The molecule has 2 rings (SSSR count). The molecule has 1 unspecified atom stereocenters. The zero-order valence-electron chi connectivity index (χ0n) is 15.1. The van der Waals surface area contributed by atoms with Gasteiger partial charge >= 0.3 is 5.97 Å². The van der Waals surface area contributed by atoms with E-state index in [-0.39, 0.29) is 18.4 Å². The topological polar surface area (TPSA) is 76.8 Å². The van der Waals surface area contributed by atoms with Crippen molar-refractivity contribution in [3.05, 3.63) is 35.6 Å². The molecule has 0 spiro atoms. The molecule has 0 aliphatic heterocycles. The molecule has 2 aromatic rings. The van der Waals surface area contributed by atoms with Crippen LogP contribution in [0.1, 0.15) is 36.9 Å². The summed E-state index contributed by atoms with van der Waals surface area (Å²) in [5.41, 5.74) is 1.04. The molecule has 1 heterocycles. The Morgan fingerprint density at radius 1 is 1.28 bits per heavy atom. The van der Waals surface area contributed by atoms with Gasteiger partial charge in [0.1, 0.15) is 26.7 Å². The minimum atomic E-state index is -3.09. The highest BCUT2D eigenvalue weighted by molar-refractivity contribution is 7.90. The van der Waals surface area contributed by atoms with Crippen molar-refractivity contribution in [2.24, 2.45) is 0 Å². The average molecular weight is 367 g/mol. The summed E-state index contributed by atoms with van der Waals surface area (Å²) in [7, 11) is -3.09. The van der Waals surface area contributed by atoms with Crippen LogP contribution >= 0.6 is 0 Å². The van der Waals surface area contributed by atoms with E-state index in [1.165, 1.54) is 6.26 Å². The maximum atomic E-state index is 12.4. The maximum absolute atomic E-state index is 12.4. The highest BCUT2D eigenvalue weighted by atomic mass is 32.2. The monoisotopic (exact) mass is 367 g/mol. The second-order valence-corrected chi connectivity index (χ2v) is 8.31. The minimum Gasteiger partial charge on any atom is -0.462 e. The summed E-state index contributed by atoms with van der Waals surface area (Å²) in [6.45, 7) is 6.82. The van der Waals surface area contributed by atoms with E-state index in [0.29, 0.717) is 35.4 Å². The van der Waals surface area contributed by atoms with Gasteiger partial charge in [-0.25, -0.2) is 13.2 Å². The SMILES string of the molecule is CCOC(=O)c1c(CN(CC)C(C)CS(C)(=O)=O)oc2ccccc12. The van der Waals surface area contributed by atoms with E-state index >= 15 is 0 Å². The van der Waals surface area contributed by atoms with Crippen molar-refractivity contribution < 1.29 is 22.4 Å². The van der Waals surface area contributed by atoms with Gasteiger partial charge in [-0.15, -0.1) is 0 Å². The molecule has 25 heavy (non-hydrogen) atoms. The summed E-state index contributed by atoms with van der Waals surface area (Å²) in [6.07, 6.45) is 1.22. The first-order valence-electron chi connectivity index (χ1n) is 8.36. The van der Waals surface area contributed by atoms with Crippen LogP contribution in [0.2, 0.25) is 0 Å². The van der Waals surface area contributed by atoms with Gasteiger partial charge in [0.2, 0.25) is 0 Å². The van der Waals surface area contributed by atoms with Crippen molar-refractivity contribution in [1.82, 2.24) is 4.90 Å². The van der Waals surface area contributed by atoms with E-state index in [1.807, 2.05) is 36.9 Å². The molecule has 0 fully saturated rings. The van der Waals surface area contributed by atoms with Gasteiger partial charge in [-0.05, 0) is 26.5 Å². The van der Waals surface area contributed by atoms with Crippen molar-refractivity contribution in [2.75, 3.05) is 25.2 Å². The third kappa shape index (κ3) is 4.83. The van der Waals surface area contributed by atoms with Gasteiger partial charge < -0.3 is 9.15 Å². The Bertz CT molecular complexity index is 840. The highest BCUT2D eigenvalue weighted by Gasteiger charge is 2.25. The molecular formula is C18H25NO5S. The van der Waals surface area contributed by atoms with Crippen LogP contribution in [0.4, 0.5) is 0 Å². The smallest absolute Gasteiger partial charge is 0.342 e. The second-order valence-electron chi connectivity index (χ2n) is 6.12. The number of furan rings is 1. The summed E-state index contributed by atoms with van der Waals surface area (Å²) in [5, 5.41) is 0.711. The Morgan fingerprint density at radius 2 is 1.96 bits per heavy atom. The quantitative estimate of drug-likeness (QED) is 0.668. The molecule has 6 nitrogen and oxygen atoms in total. The van der Waals surface area contributed by atoms with Crippen molar-refractivity contribution in [1.29, 1.82) is 0 Å². The number of carbonyl (C=O) groups excluding carboxylic acids is 1. The zero-order chi connectivity index (χ0) is 18.6. The lowest BCUT2D eigenvalue weighted by Crippen LogP contribution is -2.37. The van der Waals surface area contributed by atoms with Crippen LogP contribution in [0, 0.1) is 0 Å². The normalized spacial score (nSPS) is 13.3. The maximum Gasteiger partial charge on any atom is 0.342 e. The van der Waals surface area contributed by atoms with Crippen molar-refractivity contribution >= 4 is 26.8 Å². The third-order valence-corrected chi connectivity index (χ3v) is 5.16. The number of fused-ring (bicyclic) bond motifs is 1. The van der Waals surface area contributed by atoms with Crippen molar-refractivity contribution in [2.45, 2.75) is 33.4 Å². The van der Waals surface area contributed by atoms with Crippen LogP contribution in [-0.2, 0) is 21.1 Å². The van der Waals surface area contributed by atoms with Crippen molar-refractivity contribution in [3.8, 4) is 0 Å². The number of hydrogen-bond acceptors (Lipinski definition) is 6. The fourth-order valence-corrected chi connectivity index (χ4v) is 4.03. The molecule has 0 N–H and O–H groups in total. The van der Waals surface area contributed by atoms with Gasteiger partial charge in [0.15, 0.2) is 0 Å². The first-order chi connectivity index (χ1) is 11.8. The number of rotatable bonds is 8. The first-order valence-corrected chi connectivity index (χ1v) is 10.4. The molecule has 1 aromatic heterocycles. The van der Waals surface area contributed by atoms with Crippen LogP contribution < -0.4 is 0 Å². The number of benzene rings is 1. The van der Waals surface area contributed by atoms with E-state index in [9.17, 15) is 13.2 Å². The summed E-state index contributed by atoms with van der Waals surface area (Å²) in [6, 6.07) is 7.12. The van der Waals surface area contributed by atoms with Gasteiger partial charge in [0, 0.05) is 17.7 Å². The second kappa shape index (κ2) is 8.01. The van der Waals surface area contributed by atoms with Gasteiger partial charge in [-0.1, -0.05) is 25.1 Å². The molecule has 138 valence electrons. The summed E-state index contributed by atoms with van der Waals surface area (Å²) >= 11 is 0. The lowest BCUT2D eigenvalue weighted by Gasteiger charge is -2.26. The van der Waals surface area contributed by atoms with E-state index in [1.54, 1.807) is 13.0 Å². The Hall–Kier alpha value is -1.86. The Labute approximate surface area is 148 Å². The fourth-order valence-electron chi connectivity index (χ4n) is 2.94. The Kier molecular flexibility index (Phi) is 6.24. The van der Waals surface area contributed by atoms with Gasteiger partial charge in [0.25, 0.3) is 0 Å². The molecule has 0 saturated carbocycles. The number of nitrogens with zero attached hydrogens (tertiary/aromatic N) is 1. The van der Waals surface area contributed by atoms with E-state index in [4.69, 9.17) is 9.15 Å². The van der Waals surface area contributed by atoms with Gasteiger partial charge in [-0.3, -0.25) is 4.90 Å². The summed E-state index contributed by atoms with van der Waals surface area (Å²) in [5.74, 6) is 0.131.